The maximum absolute atomic E-state index is 12.8. The van der Waals surface area contributed by atoms with E-state index in [0.717, 1.165) is 12.8 Å². The maximum atomic E-state index is 12.8. The van der Waals surface area contributed by atoms with Crippen molar-refractivity contribution in [1.82, 2.24) is 4.90 Å². The minimum Gasteiger partial charge on any atom is -0.465 e. The molecule has 1 aromatic rings. The average Bonchev–Trinajstić information content (AvgIpc) is 3.25. The number of carbonyl (C=O) groups is 2. The summed E-state index contributed by atoms with van der Waals surface area (Å²) in [5.74, 6) is -0.897. The third-order valence-corrected chi connectivity index (χ3v) is 3.18. The van der Waals surface area contributed by atoms with Crippen LogP contribution in [0.15, 0.2) is 24.3 Å². The molecule has 1 fully saturated rings. The standard InChI is InChI=1S/C15H19FN2O3/c1-2-21-15(20)10-18(13-7-8-13)9-14(19)17-12-5-3-11(16)4-6-12/h3-6,13H,2,7-10H2,1H3,(H,17,19). The van der Waals surface area contributed by atoms with Gasteiger partial charge in [-0.15, -0.1) is 0 Å². The number of nitrogens with one attached hydrogen (secondary N) is 1. The van der Waals surface area contributed by atoms with E-state index in [4.69, 9.17) is 4.74 Å². The number of anilines is 1. The normalized spacial score (nSPS) is 14.0. The molecular weight excluding hydrogens is 275 g/mol. The Bertz CT molecular complexity index is 500. The third kappa shape index (κ3) is 5.15. The number of halogens is 1. The highest BCUT2D eigenvalue weighted by Crippen LogP contribution is 2.26. The monoisotopic (exact) mass is 294 g/mol. The van der Waals surface area contributed by atoms with E-state index in [1.54, 1.807) is 6.92 Å². The first-order valence-electron chi connectivity index (χ1n) is 7.03. The van der Waals surface area contributed by atoms with Crippen LogP contribution in [0.1, 0.15) is 19.8 Å². The Morgan fingerprint density at radius 1 is 1.29 bits per heavy atom. The van der Waals surface area contributed by atoms with Gasteiger partial charge in [-0.05, 0) is 44.0 Å². The van der Waals surface area contributed by atoms with Crippen molar-refractivity contribution >= 4 is 17.6 Å². The Kier molecular flexibility index (Phi) is 5.27. The molecule has 0 aliphatic heterocycles. The van der Waals surface area contributed by atoms with Gasteiger partial charge in [-0.3, -0.25) is 14.5 Å². The Labute approximate surface area is 123 Å². The van der Waals surface area contributed by atoms with Gasteiger partial charge in [0.25, 0.3) is 0 Å². The first-order chi connectivity index (χ1) is 10.1. The molecule has 0 radical (unpaired) electrons. The van der Waals surface area contributed by atoms with Crippen molar-refractivity contribution in [3.8, 4) is 0 Å². The van der Waals surface area contributed by atoms with Crippen molar-refractivity contribution in [2.75, 3.05) is 25.0 Å². The van der Waals surface area contributed by atoms with Crippen molar-refractivity contribution in [3.05, 3.63) is 30.1 Å². The van der Waals surface area contributed by atoms with Crippen molar-refractivity contribution in [1.29, 1.82) is 0 Å². The van der Waals surface area contributed by atoms with E-state index in [-0.39, 0.29) is 36.8 Å². The molecule has 0 saturated heterocycles. The molecule has 6 heteroatoms. The maximum Gasteiger partial charge on any atom is 0.320 e. The lowest BCUT2D eigenvalue weighted by Gasteiger charge is -2.20. The van der Waals surface area contributed by atoms with Crippen LogP contribution in [0.2, 0.25) is 0 Å². The molecule has 5 nitrogen and oxygen atoms in total. The predicted molar refractivity (Wildman–Crippen MR) is 76.3 cm³/mol. The van der Waals surface area contributed by atoms with Crippen LogP contribution in [0, 0.1) is 5.82 Å². The molecule has 114 valence electrons. The number of carbonyl (C=O) groups excluding carboxylic acids is 2. The topological polar surface area (TPSA) is 58.6 Å². The highest BCUT2D eigenvalue weighted by molar-refractivity contribution is 5.92. The van der Waals surface area contributed by atoms with Crippen LogP contribution in [0.3, 0.4) is 0 Å². The van der Waals surface area contributed by atoms with Crippen LogP contribution in [0.5, 0.6) is 0 Å². The van der Waals surface area contributed by atoms with Crippen LogP contribution < -0.4 is 5.32 Å². The smallest absolute Gasteiger partial charge is 0.320 e. The van der Waals surface area contributed by atoms with Crippen LogP contribution in [0.25, 0.3) is 0 Å². The minimum atomic E-state index is -0.352. The summed E-state index contributed by atoms with van der Waals surface area (Å²) in [5, 5.41) is 2.69. The van der Waals surface area contributed by atoms with Crippen LogP contribution in [-0.2, 0) is 14.3 Å². The average molecular weight is 294 g/mol. The third-order valence-electron chi connectivity index (χ3n) is 3.18. The summed E-state index contributed by atoms with van der Waals surface area (Å²) in [6.07, 6.45) is 1.98. The molecule has 0 atom stereocenters. The Hall–Kier alpha value is -1.95. The molecule has 1 saturated carbocycles. The molecular formula is C15H19FN2O3. The molecule has 2 rings (SSSR count). The number of amides is 1. The number of hydrogen-bond acceptors (Lipinski definition) is 4. The van der Waals surface area contributed by atoms with E-state index < -0.39 is 0 Å². The van der Waals surface area contributed by atoms with E-state index in [0.29, 0.717) is 12.3 Å². The van der Waals surface area contributed by atoms with Crippen molar-refractivity contribution < 1.29 is 18.7 Å². The van der Waals surface area contributed by atoms with Gasteiger partial charge in [0.15, 0.2) is 0 Å². The van der Waals surface area contributed by atoms with Gasteiger partial charge in [-0.2, -0.15) is 0 Å². The summed E-state index contributed by atoms with van der Waals surface area (Å²) in [6, 6.07) is 5.84. The number of benzene rings is 1. The molecule has 1 amide bonds. The van der Waals surface area contributed by atoms with Crippen molar-refractivity contribution in [2.45, 2.75) is 25.8 Å². The van der Waals surface area contributed by atoms with Gasteiger partial charge >= 0.3 is 5.97 Å². The first-order valence-corrected chi connectivity index (χ1v) is 7.03. The van der Waals surface area contributed by atoms with Gasteiger partial charge in [-0.1, -0.05) is 0 Å². The van der Waals surface area contributed by atoms with Crippen molar-refractivity contribution in [3.63, 3.8) is 0 Å². The fourth-order valence-corrected chi connectivity index (χ4v) is 2.04. The molecule has 0 aromatic heterocycles. The van der Waals surface area contributed by atoms with Gasteiger partial charge in [0.2, 0.25) is 5.91 Å². The number of ether oxygens (including phenoxy) is 1. The zero-order valence-corrected chi connectivity index (χ0v) is 12.0. The SMILES string of the molecule is CCOC(=O)CN(CC(=O)Nc1ccc(F)cc1)C1CC1. The second-order valence-corrected chi connectivity index (χ2v) is 5.00. The molecule has 1 N–H and O–H groups in total. The second-order valence-electron chi connectivity index (χ2n) is 5.00. The molecule has 0 spiro atoms. The Morgan fingerprint density at radius 3 is 2.52 bits per heavy atom. The fourth-order valence-electron chi connectivity index (χ4n) is 2.04. The lowest BCUT2D eigenvalue weighted by atomic mass is 10.3. The van der Waals surface area contributed by atoms with Crippen LogP contribution in [-0.4, -0.2) is 42.5 Å². The van der Waals surface area contributed by atoms with Gasteiger partial charge in [0, 0.05) is 11.7 Å². The summed E-state index contributed by atoms with van der Waals surface area (Å²) in [7, 11) is 0. The molecule has 0 bridgehead atoms. The van der Waals surface area contributed by atoms with E-state index >= 15 is 0 Å². The van der Waals surface area contributed by atoms with Crippen LogP contribution >= 0.6 is 0 Å². The van der Waals surface area contributed by atoms with E-state index in [2.05, 4.69) is 5.32 Å². The van der Waals surface area contributed by atoms with Gasteiger partial charge < -0.3 is 10.1 Å². The van der Waals surface area contributed by atoms with E-state index in [1.807, 2.05) is 4.90 Å². The summed E-state index contributed by atoms with van der Waals surface area (Å²) >= 11 is 0. The van der Waals surface area contributed by atoms with E-state index in [1.165, 1.54) is 24.3 Å². The molecule has 1 aliphatic rings. The fraction of sp³-hybridized carbons (Fsp3) is 0.467. The predicted octanol–water partition coefficient (Wildman–Crippen LogP) is 1.79. The van der Waals surface area contributed by atoms with E-state index in [9.17, 15) is 14.0 Å². The number of rotatable bonds is 7. The minimum absolute atomic E-state index is 0.120. The summed E-state index contributed by atoms with van der Waals surface area (Å²) in [4.78, 5) is 25.3. The molecule has 1 aromatic carbocycles. The number of nitrogens with zero attached hydrogens (tertiary/aromatic N) is 1. The number of hydrogen-bond donors (Lipinski definition) is 1. The zero-order chi connectivity index (χ0) is 15.2. The highest BCUT2D eigenvalue weighted by atomic mass is 19.1. The first kappa shape index (κ1) is 15.4. The lowest BCUT2D eigenvalue weighted by Crippen LogP contribution is -2.39. The highest BCUT2D eigenvalue weighted by Gasteiger charge is 2.31. The Morgan fingerprint density at radius 2 is 1.95 bits per heavy atom. The second kappa shape index (κ2) is 7.17. The zero-order valence-electron chi connectivity index (χ0n) is 12.0. The van der Waals surface area contributed by atoms with Gasteiger partial charge in [-0.25, -0.2) is 4.39 Å². The lowest BCUT2D eigenvalue weighted by molar-refractivity contribution is -0.144. The summed E-state index contributed by atoms with van der Waals surface area (Å²) < 4.78 is 17.7. The summed E-state index contributed by atoms with van der Waals surface area (Å²) in [6.45, 7) is 2.33. The molecule has 1 aliphatic carbocycles. The Balaban J connectivity index is 1.86. The molecule has 0 heterocycles. The molecule has 21 heavy (non-hydrogen) atoms. The quantitative estimate of drug-likeness (QED) is 0.779. The largest absolute Gasteiger partial charge is 0.465 e. The molecule has 0 unspecified atom stereocenters. The van der Waals surface area contributed by atoms with Gasteiger partial charge in [0.1, 0.15) is 5.82 Å². The van der Waals surface area contributed by atoms with Crippen molar-refractivity contribution in [2.24, 2.45) is 0 Å². The number of esters is 1. The summed E-state index contributed by atoms with van der Waals surface area (Å²) in [5.41, 5.74) is 0.535. The van der Waals surface area contributed by atoms with Gasteiger partial charge in [0.05, 0.1) is 19.7 Å². The van der Waals surface area contributed by atoms with Crippen LogP contribution in [0.4, 0.5) is 10.1 Å².